The molecular formula is C3H8NO2PS. The fourth-order valence-electron chi connectivity index (χ4n) is 0.197. The first kappa shape index (κ1) is 8.34. The standard InChI is InChI=1S/C3H8NO2PS/c1-6-2-3-8-7-4-5/h7H,2-3H2,1H3. The Balaban J connectivity index is 2.62. The number of rotatable bonds is 5. The third-order valence-electron chi connectivity index (χ3n) is 0.491. The molecule has 0 aliphatic carbocycles. The second-order valence-corrected chi connectivity index (χ2v) is 3.50. The van der Waals surface area contributed by atoms with Gasteiger partial charge in [0.25, 0.3) is 0 Å². The van der Waals surface area contributed by atoms with Crippen molar-refractivity contribution in [2.45, 2.75) is 0 Å². The summed E-state index contributed by atoms with van der Waals surface area (Å²) in [4.78, 5) is 12.2. The molecule has 0 aliphatic heterocycles. The van der Waals surface area contributed by atoms with Crippen molar-refractivity contribution in [3.8, 4) is 0 Å². The second-order valence-electron chi connectivity index (χ2n) is 1.02. The van der Waals surface area contributed by atoms with E-state index in [-0.39, 0.29) is 7.93 Å². The van der Waals surface area contributed by atoms with E-state index in [4.69, 9.17) is 4.74 Å². The highest BCUT2D eigenvalue weighted by molar-refractivity contribution is 8.49. The highest BCUT2D eigenvalue weighted by Gasteiger charge is 1.84. The van der Waals surface area contributed by atoms with Gasteiger partial charge in [-0.1, -0.05) is 0 Å². The zero-order valence-electron chi connectivity index (χ0n) is 4.59. The van der Waals surface area contributed by atoms with E-state index in [0.29, 0.717) is 6.61 Å². The van der Waals surface area contributed by atoms with Crippen LogP contribution in [0.2, 0.25) is 0 Å². The third kappa shape index (κ3) is 6.34. The van der Waals surface area contributed by atoms with Crippen molar-refractivity contribution in [1.29, 1.82) is 0 Å². The Kier molecular flexibility index (Phi) is 7.65. The van der Waals surface area contributed by atoms with E-state index < -0.39 is 0 Å². The van der Waals surface area contributed by atoms with Crippen LogP contribution in [0.15, 0.2) is 4.95 Å². The fourth-order valence-corrected chi connectivity index (χ4v) is 1.27. The van der Waals surface area contributed by atoms with Gasteiger partial charge in [0.15, 0.2) is 0 Å². The van der Waals surface area contributed by atoms with Gasteiger partial charge in [-0.25, -0.2) is 0 Å². The molecule has 5 heteroatoms. The number of methoxy groups -OCH3 is 1. The first-order valence-electron chi connectivity index (χ1n) is 2.10. The van der Waals surface area contributed by atoms with Crippen LogP contribution < -0.4 is 0 Å². The van der Waals surface area contributed by atoms with Crippen LogP contribution in [0.25, 0.3) is 0 Å². The maximum Gasteiger partial charge on any atom is 0.110 e. The maximum absolute atomic E-state index is 9.47. The first-order chi connectivity index (χ1) is 3.91. The predicted octanol–water partition coefficient (Wildman–Crippen LogP) is 1.64. The summed E-state index contributed by atoms with van der Waals surface area (Å²) in [5.41, 5.74) is 0. The second kappa shape index (κ2) is 7.34. The van der Waals surface area contributed by atoms with Gasteiger partial charge < -0.3 is 4.74 Å². The molecule has 0 aromatic heterocycles. The van der Waals surface area contributed by atoms with Gasteiger partial charge in [-0.2, -0.15) is 0 Å². The van der Waals surface area contributed by atoms with E-state index in [9.17, 15) is 4.91 Å². The van der Waals surface area contributed by atoms with Gasteiger partial charge in [0.05, 0.1) is 6.61 Å². The summed E-state index contributed by atoms with van der Waals surface area (Å²) in [6, 6.07) is 0. The van der Waals surface area contributed by atoms with Crippen molar-refractivity contribution in [3.63, 3.8) is 0 Å². The zero-order chi connectivity index (χ0) is 6.24. The smallest absolute Gasteiger partial charge is 0.110 e. The summed E-state index contributed by atoms with van der Waals surface area (Å²) in [7, 11) is 1.77. The molecule has 48 valence electrons. The van der Waals surface area contributed by atoms with Gasteiger partial charge in [-0.15, -0.1) is 16.3 Å². The summed E-state index contributed by atoms with van der Waals surface area (Å²) in [6.45, 7) is 0.702. The van der Waals surface area contributed by atoms with Gasteiger partial charge in [-0.3, -0.25) is 0 Å². The van der Waals surface area contributed by atoms with E-state index in [0.717, 1.165) is 5.75 Å². The number of nitrogens with zero attached hydrogens (tertiary/aromatic N) is 1. The van der Waals surface area contributed by atoms with Crippen LogP contribution in [0.5, 0.6) is 0 Å². The van der Waals surface area contributed by atoms with Crippen LogP contribution in [0, 0.1) is 4.91 Å². The van der Waals surface area contributed by atoms with E-state index in [1.165, 1.54) is 11.4 Å². The van der Waals surface area contributed by atoms with E-state index >= 15 is 0 Å². The molecule has 0 aromatic rings. The minimum Gasteiger partial charge on any atom is -0.384 e. The quantitative estimate of drug-likeness (QED) is 0.342. The van der Waals surface area contributed by atoms with Gasteiger partial charge in [0.1, 0.15) is 7.93 Å². The highest BCUT2D eigenvalue weighted by Crippen LogP contribution is 2.28. The summed E-state index contributed by atoms with van der Waals surface area (Å²) in [5.74, 6) is 0.862. The lowest BCUT2D eigenvalue weighted by atomic mass is 10.9. The Morgan fingerprint density at radius 3 is 3.12 bits per heavy atom. The van der Waals surface area contributed by atoms with Crippen LogP contribution in [-0.4, -0.2) is 19.5 Å². The molecule has 3 nitrogen and oxygen atoms in total. The Labute approximate surface area is 54.1 Å². The van der Waals surface area contributed by atoms with E-state index in [1.54, 1.807) is 7.11 Å². The number of nitroso groups, excluding NO2 is 1. The van der Waals surface area contributed by atoms with E-state index in [1.807, 2.05) is 0 Å². The average molecular weight is 153 g/mol. The van der Waals surface area contributed by atoms with Crippen molar-refractivity contribution in [1.82, 2.24) is 0 Å². The molecule has 0 saturated heterocycles. The van der Waals surface area contributed by atoms with Crippen LogP contribution in [-0.2, 0) is 4.74 Å². The lowest BCUT2D eigenvalue weighted by Gasteiger charge is -1.91. The molecule has 0 radical (unpaired) electrons. The molecule has 0 fully saturated rings. The van der Waals surface area contributed by atoms with Gasteiger partial charge >= 0.3 is 0 Å². The molecular weight excluding hydrogens is 145 g/mol. The maximum atomic E-state index is 9.47. The van der Waals surface area contributed by atoms with Gasteiger partial charge in [-0.05, 0) is 4.95 Å². The molecule has 0 saturated carbocycles. The molecule has 0 aliphatic rings. The van der Waals surface area contributed by atoms with Crippen molar-refractivity contribution >= 4 is 19.3 Å². The first-order valence-corrected chi connectivity index (χ1v) is 4.75. The third-order valence-corrected chi connectivity index (χ3v) is 2.29. The largest absolute Gasteiger partial charge is 0.384 e. The minimum atomic E-state index is 0.131. The lowest BCUT2D eigenvalue weighted by Crippen LogP contribution is -1.87. The molecule has 0 aromatic carbocycles. The predicted molar refractivity (Wildman–Crippen MR) is 38.4 cm³/mol. The Morgan fingerprint density at radius 2 is 2.62 bits per heavy atom. The Bertz CT molecular complexity index is 63.2. The lowest BCUT2D eigenvalue weighted by molar-refractivity contribution is 0.219. The summed E-state index contributed by atoms with van der Waals surface area (Å²) in [6.07, 6.45) is 0. The molecule has 0 bridgehead atoms. The molecule has 0 heterocycles. The molecule has 0 N–H and O–H groups in total. The molecule has 0 spiro atoms. The topological polar surface area (TPSA) is 38.7 Å². The Morgan fingerprint density at radius 1 is 1.88 bits per heavy atom. The molecule has 8 heavy (non-hydrogen) atoms. The van der Waals surface area contributed by atoms with Crippen molar-refractivity contribution in [3.05, 3.63) is 4.91 Å². The monoisotopic (exact) mass is 153 g/mol. The van der Waals surface area contributed by atoms with Crippen molar-refractivity contribution < 1.29 is 4.74 Å². The average Bonchev–Trinajstić information content (AvgIpc) is 1.81. The van der Waals surface area contributed by atoms with Crippen molar-refractivity contribution in [2.75, 3.05) is 19.5 Å². The molecule has 1 unspecified atom stereocenters. The van der Waals surface area contributed by atoms with Crippen LogP contribution in [0.1, 0.15) is 0 Å². The van der Waals surface area contributed by atoms with E-state index in [2.05, 4.69) is 4.95 Å². The van der Waals surface area contributed by atoms with Gasteiger partial charge in [0, 0.05) is 12.9 Å². The molecule has 0 rings (SSSR count). The van der Waals surface area contributed by atoms with Crippen LogP contribution in [0.3, 0.4) is 0 Å². The van der Waals surface area contributed by atoms with Gasteiger partial charge in [0.2, 0.25) is 0 Å². The van der Waals surface area contributed by atoms with Crippen LogP contribution >= 0.6 is 19.3 Å². The number of hydrogen-bond acceptors (Lipinski definition) is 4. The summed E-state index contributed by atoms with van der Waals surface area (Å²) in [5, 5.41) is 0. The number of hydrogen-bond donors (Lipinski definition) is 0. The molecule has 1 atom stereocenters. The highest BCUT2D eigenvalue weighted by atomic mass is 32.7. The normalized spacial score (nSPS) is 10.6. The van der Waals surface area contributed by atoms with Crippen LogP contribution in [0.4, 0.5) is 0 Å². The summed E-state index contributed by atoms with van der Waals surface area (Å²) >= 11 is 1.50. The van der Waals surface area contributed by atoms with Crippen molar-refractivity contribution in [2.24, 2.45) is 4.95 Å². The summed E-state index contributed by atoms with van der Waals surface area (Å²) < 4.78 is 4.73. The minimum absolute atomic E-state index is 0.131. The zero-order valence-corrected chi connectivity index (χ0v) is 6.40. The SMILES string of the molecule is COCCSPN=O. The Hall–Kier alpha value is 0.340. The molecule has 0 amide bonds. The fraction of sp³-hybridized carbons (Fsp3) is 1.00. The number of ether oxygens (including phenoxy) is 1.